The summed E-state index contributed by atoms with van der Waals surface area (Å²) >= 11 is 20.8. The van der Waals surface area contributed by atoms with Crippen LogP contribution < -0.4 is 5.32 Å². The number of rotatable bonds is 4. The molecule has 19 heavy (non-hydrogen) atoms. The minimum Gasteiger partial charge on any atom is -0.306 e. The van der Waals surface area contributed by atoms with Gasteiger partial charge in [0.1, 0.15) is 4.34 Å². The smallest absolute Gasteiger partial charge is 0.107 e. The van der Waals surface area contributed by atoms with Gasteiger partial charge in [-0.05, 0) is 52.3 Å². The Hall–Kier alpha value is 0.420. The second-order valence-corrected chi connectivity index (χ2v) is 7.86. The number of thiophene rings is 1. The molecule has 102 valence electrons. The third kappa shape index (κ3) is 3.96. The Morgan fingerprint density at radius 3 is 2.47 bits per heavy atom. The van der Waals surface area contributed by atoms with Crippen molar-refractivity contribution in [2.45, 2.75) is 13.0 Å². The van der Waals surface area contributed by atoms with Crippen molar-refractivity contribution in [2.75, 3.05) is 6.54 Å². The second kappa shape index (κ2) is 6.92. The molecule has 0 spiro atoms. The van der Waals surface area contributed by atoms with Crippen LogP contribution in [-0.2, 0) is 0 Å². The largest absolute Gasteiger partial charge is 0.306 e. The van der Waals surface area contributed by atoms with Crippen LogP contribution in [0.15, 0.2) is 33.2 Å². The molecule has 2 aromatic rings. The Morgan fingerprint density at radius 2 is 1.95 bits per heavy atom. The van der Waals surface area contributed by atoms with Crippen LogP contribution in [0.5, 0.6) is 0 Å². The van der Waals surface area contributed by atoms with Crippen molar-refractivity contribution in [3.63, 3.8) is 0 Å². The van der Waals surface area contributed by atoms with Gasteiger partial charge in [-0.15, -0.1) is 11.3 Å². The van der Waals surface area contributed by atoms with E-state index < -0.39 is 0 Å². The van der Waals surface area contributed by atoms with Crippen LogP contribution in [0.3, 0.4) is 0 Å². The van der Waals surface area contributed by atoms with E-state index in [0.717, 1.165) is 30.3 Å². The molecule has 1 N–H and O–H groups in total. The van der Waals surface area contributed by atoms with Crippen molar-refractivity contribution in [3.05, 3.63) is 53.0 Å². The first-order valence-corrected chi connectivity index (χ1v) is 8.81. The molecule has 0 saturated heterocycles. The molecule has 1 atom stereocenters. The maximum atomic E-state index is 6.13. The number of halogens is 4. The first kappa shape index (κ1) is 15.8. The molecule has 1 aromatic heterocycles. The highest BCUT2D eigenvalue weighted by atomic mass is 79.9. The van der Waals surface area contributed by atoms with E-state index in [-0.39, 0.29) is 6.04 Å². The zero-order chi connectivity index (χ0) is 14.0. The van der Waals surface area contributed by atoms with Crippen LogP contribution in [0.4, 0.5) is 0 Å². The maximum Gasteiger partial charge on any atom is 0.107 e. The lowest BCUT2D eigenvalue weighted by molar-refractivity contribution is 0.639. The average Bonchev–Trinajstić information content (AvgIpc) is 2.65. The Balaban J connectivity index is 2.44. The first-order valence-electron chi connectivity index (χ1n) is 5.65. The maximum absolute atomic E-state index is 6.13. The van der Waals surface area contributed by atoms with Gasteiger partial charge in [-0.3, -0.25) is 0 Å². The van der Waals surface area contributed by atoms with E-state index in [2.05, 4.69) is 56.2 Å². The lowest BCUT2D eigenvalue weighted by Crippen LogP contribution is -2.21. The second-order valence-electron chi connectivity index (χ2n) is 3.96. The van der Waals surface area contributed by atoms with Crippen molar-refractivity contribution >= 4 is 66.4 Å². The zero-order valence-electron chi connectivity index (χ0n) is 10.0. The van der Waals surface area contributed by atoms with Gasteiger partial charge < -0.3 is 5.32 Å². The van der Waals surface area contributed by atoms with Gasteiger partial charge in [-0.1, -0.05) is 46.1 Å². The quantitative estimate of drug-likeness (QED) is 0.586. The molecule has 1 unspecified atom stereocenters. The summed E-state index contributed by atoms with van der Waals surface area (Å²) in [4.78, 5) is 1.16. The van der Waals surface area contributed by atoms with Crippen LogP contribution in [0, 0.1) is 0 Å². The Morgan fingerprint density at radius 1 is 1.21 bits per heavy atom. The molecular weight excluding hydrogens is 433 g/mol. The topological polar surface area (TPSA) is 12.0 Å². The van der Waals surface area contributed by atoms with Gasteiger partial charge >= 0.3 is 0 Å². The molecule has 1 aromatic carbocycles. The van der Waals surface area contributed by atoms with Crippen LogP contribution in [0.1, 0.15) is 23.4 Å². The molecule has 6 heteroatoms. The van der Waals surface area contributed by atoms with Crippen LogP contribution in [-0.4, -0.2) is 6.54 Å². The SMILES string of the molecule is CCNC(c1cc(Cl)cc(Br)c1)c1cc(Br)c(Cl)s1. The average molecular weight is 444 g/mol. The molecule has 2 rings (SSSR count). The van der Waals surface area contributed by atoms with Gasteiger partial charge in [0, 0.05) is 18.8 Å². The summed E-state index contributed by atoms with van der Waals surface area (Å²) in [5, 5.41) is 4.18. The summed E-state index contributed by atoms with van der Waals surface area (Å²) in [6, 6.07) is 8.07. The van der Waals surface area contributed by atoms with E-state index in [1.807, 2.05) is 12.1 Å². The van der Waals surface area contributed by atoms with Crippen molar-refractivity contribution in [1.29, 1.82) is 0 Å². The monoisotopic (exact) mass is 441 g/mol. The molecule has 0 radical (unpaired) electrons. The Labute approximate surface area is 143 Å². The molecule has 0 amide bonds. The molecule has 0 aliphatic carbocycles. The molecule has 0 bridgehead atoms. The van der Waals surface area contributed by atoms with Crippen LogP contribution in [0.2, 0.25) is 9.36 Å². The van der Waals surface area contributed by atoms with Crippen LogP contribution >= 0.6 is 66.4 Å². The summed E-state index contributed by atoms with van der Waals surface area (Å²) in [6.45, 7) is 2.94. The predicted molar refractivity (Wildman–Crippen MR) is 91.7 cm³/mol. The van der Waals surface area contributed by atoms with E-state index in [1.165, 1.54) is 0 Å². The van der Waals surface area contributed by atoms with Gasteiger partial charge in [0.05, 0.1) is 6.04 Å². The van der Waals surface area contributed by atoms with Crippen LogP contribution in [0.25, 0.3) is 0 Å². The fraction of sp³-hybridized carbons (Fsp3) is 0.231. The highest BCUT2D eigenvalue weighted by Crippen LogP contribution is 2.38. The Kier molecular flexibility index (Phi) is 5.76. The summed E-state index contributed by atoms with van der Waals surface area (Å²) in [5.74, 6) is 0. The molecule has 0 saturated carbocycles. The van der Waals surface area contributed by atoms with Gasteiger partial charge in [-0.2, -0.15) is 0 Å². The first-order chi connectivity index (χ1) is 9.01. The number of benzene rings is 1. The van der Waals surface area contributed by atoms with E-state index in [1.54, 1.807) is 11.3 Å². The molecule has 0 aliphatic heterocycles. The summed E-state index contributed by atoms with van der Waals surface area (Å²) < 4.78 is 2.66. The highest BCUT2D eigenvalue weighted by molar-refractivity contribution is 9.10. The summed E-state index contributed by atoms with van der Waals surface area (Å²) in [5.41, 5.74) is 1.12. The van der Waals surface area contributed by atoms with Crippen molar-refractivity contribution < 1.29 is 0 Å². The number of hydrogen-bond donors (Lipinski definition) is 1. The van der Waals surface area contributed by atoms with Gasteiger partial charge in [0.2, 0.25) is 0 Å². The third-order valence-electron chi connectivity index (χ3n) is 2.58. The third-order valence-corrected chi connectivity index (χ3v) is 5.79. The van der Waals surface area contributed by atoms with Crippen molar-refractivity contribution in [3.8, 4) is 0 Å². The van der Waals surface area contributed by atoms with Crippen molar-refractivity contribution in [2.24, 2.45) is 0 Å². The lowest BCUT2D eigenvalue weighted by atomic mass is 10.1. The summed E-state index contributed by atoms with van der Waals surface area (Å²) in [6.07, 6.45) is 0. The van der Waals surface area contributed by atoms with Gasteiger partial charge in [0.25, 0.3) is 0 Å². The number of hydrogen-bond acceptors (Lipinski definition) is 2. The summed E-state index contributed by atoms with van der Waals surface area (Å²) in [7, 11) is 0. The van der Waals surface area contributed by atoms with Crippen molar-refractivity contribution in [1.82, 2.24) is 5.32 Å². The standard InChI is InChI=1S/C13H11Br2Cl2NS/c1-2-18-12(11-6-10(15)13(17)19-11)7-3-8(14)5-9(16)4-7/h3-6,12,18H,2H2,1H3. The predicted octanol–water partition coefficient (Wildman–Crippen LogP) is 6.28. The minimum absolute atomic E-state index is 0.0915. The van der Waals surface area contributed by atoms with E-state index >= 15 is 0 Å². The van der Waals surface area contributed by atoms with Gasteiger partial charge in [0.15, 0.2) is 0 Å². The van der Waals surface area contributed by atoms with E-state index in [0.29, 0.717) is 5.02 Å². The molecule has 0 fully saturated rings. The van der Waals surface area contributed by atoms with Gasteiger partial charge in [-0.25, -0.2) is 0 Å². The molecular formula is C13H11Br2Cl2NS. The normalized spacial score (nSPS) is 12.7. The minimum atomic E-state index is 0.0915. The fourth-order valence-electron chi connectivity index (χ4n) is 1.83. The Bertz CT molecular complexity index is 546. The van der Waals surface area contributed by atoms with E-state index in [9.17, 15) is 0 Å². The number of nitrogens with one attached hydrogen (secondary N) is 1. The lowest BCUT2D eigenvalue weighted by Gasteiger charge is -2.17. The highest BCUT2D eigenvalue weighted by Gasteiger charge is 2.18. The molecule has 1 heterocycles. The molecule has 0 aliphatic rings. The fourth-order valence-corrected chi connectivity index (χ4v) is 4.56. The zero-order valence-corrected chi connectivity index (χ0v) is 15.5. The van der Waals surface area contributed by atoms with E-state index in [4.69, 9.17) is 23.2 Å². The molecule has 1 nitrogen and oxygen atoms in total.